The first-order valence-corrected chi connectivity index (χ1v) is 11.1. The fourth-order valence-electron chi connectivity index (χ4n) is 4.52. The van der Waals surface area contributed by atoms with Crippen molar-refractivity contribution in [1.82, 2.24) is 9.21 Å². The van der Waals surface area contributed by atoms with E-state index in [0.29, 0.717) is 18.7 Å². The lowest BCUT2D eigenvalue weighted by Gasteiger charge is -2.40. The Morgan fingerprint density at radius 3 is 2.57 bits per heavy atom. The molecule has 2 aliphatic rings. The maximum atomic E-state index is 13.0. The van der Waals surface area contributed by atoms with Gasteiger partial charge < -0.3 is 4.42 Å². The molecule has 3 heterocycles. The van der Waals surface area contributed by atoms with Crippen molar-refractivity contribution in [3.05, 3.63) is 53.5 Å². The van der Waals surface area contributed by atoms with Crippen molar-refractivity contribution in [2.75, 3.05) is 26.2 Å². The largest absolute Gasteiger partial charge is 0.465 e. The molecule has 0 saturated carbocycles. The van der Waals surface area contributed by atoms with Gasteiger partial charge in [0.1, 0.15) is 11.5 Å². The lowest BCUT2D eigenvalue weighted by molar-refractivity contribution is 0.0877. The van der Waals surface area contributed by atoms with Crippen molar-refractivity contribution >= 4 is 10.0 Å². The summed E-state index contributed by atoms with van der Waals surface area (Å²) in [7, 11) is -3.53. The Labute approximate surface area is 166 Å². The third kappa shape index (κ3) is 3.72. The van der Waals surface area contributed by atoms with Crippen LogP contribution in [-0.4, -0.2) is 43.8 Å². The van der Waals surface area contributed by atoms with E-state index in [4.69, 9.17) is 9.68 Å². The molecule has 0 radical (unpaired) electrons. The van der Waals surface area contributed by atoms with Crippen molar-refractivity contribution in [3.8, 4) is 6.07 Å². The molecule has 2 aliphatic heterocycles. The van der Waals surface area contributed by atoms with Gasteiger partial charge in [-0.05, 0) is 74.5 Å². The molecule has 4 rings (SSSR count). The summed E-state index contributed by atoms with van der Waals surface area (Å²) in [5.74, 6) is 1.89. The number of rotatable bonds is 4. The maximum absolute atomic E-state index is 13.0. The minimum absolute atomic E-state index is 0.0134. The van der Waals surface area contributed by atoms with Crippen LogP contribution in [0.5, 0.6) is 0 Å². The van der Waals surface area contributed by atoms with Crippen LogP contribution in [0, 0.1) is 23.7 Å². The molecule has 0 unspecified atom stereocenters. The van der Waals surface area contributed by atoms with E-state index in [1.165, 1.54) is 12.1 Å². The van der Waals surface area contributed by atoms with E-state index in [2.05, 4.69) is 4.90 Å². The normalized spacial score (nSPS) is 23.9. The maximum Gasteiger partial charge on any atom is 0.243 e. The first-order chi connectivity index (χ1) is 13.4. The number of nitriles is 1. The molecule has 2 saturated heterocycles. The third-order valence-corrected chi connectivity index (χ3v) is 7.80. The van der Waals surface area contributed by atoms with Crippen molar-refractivity contribution in [2.24, 2.45) is 5.41 Å². The van der Waals surface area contributed by atoms with Gasteiger partial charge >= 0.3 is 0 Å². The van der Waals surface area contributed by atoms with Crippen molar-refractivity contribution in [2.45, 2.75) is 37.6 Å². The Kier molecular flexibility index (Phi) is 5.04. The highest BCUT2D eigenvalue weighted by Crippen LogP contribution is 2.41. The highest BCUT2D eigenvalue weighted by molar-refractivity contribution is 7.89. The van der Waals surface area contributed by atoms with Gasteiger partial charge in [0.2, 0.25) is 10.0 Å². The monoisotopic (exact) mass is 399 g/mol. The summed E-state index contributed by atoms with van der Waals surface area (Å²) in [4.78, 5) is 2.65. The molecule has 6 nitrogen and oxygen atoms in total. The van der Waals surface area contributed by atoms with Crippen LogP contribution in [0.25, 0.3) is 0 Å². The van der Waals surface area contributed by atoms with Gasteiger partial charge in [0.15, 0.2) is 0 Å². The number of furan rings is 1. The Hall–Kier alpha value is -2.14. The van der Waals surface area contributed by atoms with E-state index in [1.807, 2.05) is 25.1 Å². The van der Waals surface area contributed by atoms with Gasteiger partial charge in [0, 0.05) is 19.6 Å². The number of aryl methyl sites for hydroxylation is 1. The summed E-state index contributed by atoms with van der Waals surface area (Å²) in [6, 6.07) is 12.2. The highest BCUT2D eigenvalue weighted by Gasteiger charge is 2.45. The Morgan fingerprint density at radius 1 is 1.11 bits per heavy atom. The second-order valence-corrected chi connectivity index (χ2v) is 9.99. The molecule has 0 aliphatic carbocycles. The molecule has 0 amide bonds. The second kappa shape index (κ2) is 7.36. The number of benzene rings is 1. The van der Waals surface area contributed by atoms with E-state index >= 15 is 0 Å². The highest BCUT2D eigenvalue weighted by atomic mass is 32.2. The van der Waals surface area contributed by atoms with Gasteiger partial charge in [-0.1, -0.05) is 0 Å². The van der Waals surface area contributed by atoms with Crippen LogP contribution in [0.15, 0.2) is 45.7 Å². The SMILES string of the molecule is Cc1ccc(CN2CCC[C@]3(CCN(S(=O)(=O)c4ccc(C#N)cc4)C3)C2)o1. The van der Waals surface area contributed by atoms with Crippen LogP contribution in [0.1, 0.15) is 36.3 Å². The van der Waals surface area contributed by atoms with E-state index in [1.54, 1.807) is 16.4 Å². The van der Waals surface area contributed by atoms with Crippen molar-refractivity contribution < 1.29 is 12.8 Å². The van der Waals surface area contributed by atoms with Gasteiger partial charge in [-0.2, -0.15) is 9.57 Å². The molecular formula is C21H25N3O3S. The minimum Gasteiger partial charge on any atom is -0.465 e. The summed E-state index contributed by atoms with van der Waals surface area (Å²) in [6.07, 6.45) is 3.01. The molecule has 148 valence electrons. The molecule has 1 atom stereocenters. The molecule has 1 aromatic heterocycles. The quantitative estimate of drug-likeness (QED) is 0.789. The molecule has 0 bridgehead atoms. The number of hydrogen-bond acceptors (Lipinski definition) is 5. The molecular weight excluding hydrogens is 374 g/mol. The van der Waals surface area contributed by atoms with Gasteiger partial charge in [-0.3, -0.25) is 4.90 Å². The number of nitrogens with zero attached hydrogens (tertiary/aromatic N) is 3. The summed E-state index contributed by atoms with van der Waals surface area (Å²) in [6.45, 7) is 5.75. The number of sulfonamides is 1. The number of hydrogen-bond donors (Lipinski definition) is 0. The van der Waals surface area contributed by atoms with Crippen LogP contribution >= 0.6 is 0 Å². The third-order valence-electron chi connectivity index (χ3n) is 5.94. The lowest BCUT2D eigenvalue weighted by Crippen LogP contribution is -2.44. The van der Waals surface area contributed by atoms with Gasteiger partial charge in [-0.15, -0.1) is 0 Å². The number of piperidine rings is 1. The van der Waals surface area contributed by atoms with Crippen molar-refractivity contribution in [3.63, 3.8) is 0 Å². The molecule has 1 spiro atoms. The Balaban J connectivity index is 1.46. The molecule has 7 heteroatoms. The van der Waals surface area contributed by atoms with Gasteiger partial charge in [-0.25, -0.2) is 8.42 Å². The molecule has 2 aromatic rings. The standard InChI is InChI=1S/C21H25N3O3S/c1-17-3-6-19(27-17)14-23-11-2-9-21(15-23)10-12-24(16-21)28(25,26)20-7-4-18(13-22)5-8-20/h3-8H,2,9-12,14-16H2,1H3/t21-/m0/s1. The molecule has 1 aromatic carbocycles. The predicted octanol–water partition coefficient (Wildman–Crippen LogP) is 3.14. The first-order valence-electron chi connectivity index (χ1n) is 9.68. The van der Waals surface area contributed by atoms with E-state index < -0.39 is 10.0 Å². The Morgan fingerprint density at radius 2 is 1.89 bits per heavy atom. The lowest BCUT2D eigenvalue weighted by atomic mass is 9.79. The van der Waals surface area contributed by atoms with Crippen LogP contribution in [0.3, 0.4) is 0 Å². The smallest absolute Gasteiger partial charge is 0.243 e. The zero-order valence-corrected chi connectivity index (χ0v) is 16.9. The van der Waals surface area contributed by atoms with E-state index in [9.17, 15) is 8.42 Å². The van der Waals surface area contributed by atoms with Gasteiger partial charge in [0.05, 0.1) is 23.1 Å². The average Bonchev–Trinajstić information content (AvgIpc) is 3.28. The van der Waals surface area contributed by atoms with E-state index in [0.717, 1.165) is 50.4 Å². The fourth-order valence-corrected chi connectivity index (χ4v) is 6.07. The topological polar surface area (TPSA) is 77.5 Å². The molecule has 2 fully saturated rings. The minimum atomic E-state index is -3.53. The summed E-state index contributed by atoms with van der Waals surface area (Å²) < 4.78 is 33.4. The summed E-state index contributed by atoms with van der Waals surface area (Å²) in [5.41, 5.74) is 0.479. The summed E-state index contributed by atoms with van der Waals surface area (Å²) >= 11 is 0. The van der Waals surface area contributed by atoms with Gasteiger partial charge in [0.25, 0.3) is 0 Å². The zero-order valence-electron chi connectivity index (χ0n) is 16.1. The second-order valence-electron chi connectivity index (χ2n) is 8.05. The van der Waals surface area contributed by atoms with Crippen LogP contribution in [0.2, 0.25) is 0 Å². The van der Waals surface area contributed by atoms with Crippen LogP contribution in [-0.2, 0) is 16.6 Å². The fraction of sp³-hybridized carbons (Fsp3) is 0.476. The average molecular weight is 400 g/mol. The first kappa shape index (κ1) is 19.2. The molecule has 0 N–H and O–H groups in total. The van der Waals surface area contributed by atoms with E-state index in [-0.39, 0.29) is 10.3 Å². The number of likely N-dealkylation sites (tertiary alicyclic amines) is 1. The van der Waals surface area contributed by atoms with Crippen LogP contribution < -0.4 is 0 Å². The summed E-state index contributed by atoms with van der Waals surface area (Å²) in [5, 5.41) is 8.92. The Bertz CT molecular complexity index is 991. The van der Waals surface area contributed by atoms with Crippen molar-refractivity contribution in [1.29, 1.82) is 5.26 Å². The zero-order chi connectivity index (χ0) is 19.8. The van der Waals surface area contributed by atoms with Crippen LogP contribution in [0.4, 0.5) is 0 Å². The molecule has 28 heavy (non-hydrogen) atoms. The predicted molar refractivity (Wildman–Crippen MR) is 105 cm³/mol.